The first kappa shape index (κ1) is 9.63. The van der Waals surface area contributed by atoms with Crippen molar-refractivity contribution >= 4 is 11.6 Å². The van der Waals surface area contributed by atoms with Gasteiger partial charge in [0.15, 0.2) is 0 Å². The molecule has 3 nitrogen and oxygen atoms in total. The molecule has 1 unspecified atom stereocenters. The number of rotatable bonds is 0. The second-order valence-corrected chi connectivity index (χ2v) is 4.37. The van der Waals surface area contributed by atoms with Crippen molar-refractivity contribution in [2.75, 3.05) is 18.0 Å². The topological polar surface area (TPSA) is 32.3 Å². The Morgan fingerprint density at radius 3 is 3.19 bits per heavy atom. The summed E-state index contributed by atoms with van der Waals surface area (Å²) in [7, 11) is 0. The molecule has 0 aliphatic carbocycles. The second kappa shape index (κ2) is 3.47. The van der Waals surface area contributed by atoms with E-state index in [1.807, 2.05) is 11.0 Å². The zero-order valence-electron chi connectivity index (χ0n) is 8.87. The molecule has 0 bridgehead atoms. The zero-order valence-corrected chi connectivity index (χ0v) is 8.87. The van der Waals surface area contributed by atoms with E-state index in [4.69, 9.17) is 0 Å². The fourth-order valence-electron chi connectivity index (χ4n) is 2.61. The fourth-order valence-corrected chi connectivity index (χ4v) is 2.61. The second-order valence-electron chi connectivity index (χ2n) is 4.37. The average molecular weight is 220 g/mol. The summed E-state index contributed by atoms with van der Waals surface area (Å²) in [5, 5.41) is 2.83. The van der Waals surface area contributed by atoms with E-state index in [9.17, 15) is 9.18 Å². The van der Waals surface area contributed by atoms with Crippen LogP contribution >= 0.6 is 0 Å². The number of nitrogens with one attached hydrogen (secondary N) is 1. The van der Waals surface area contributed by atoms with Crippen LogP contribution in [0.15, 0.2) is 18.2 Å². The molecule has 1 amide bonds. The molecule has 2 aliphatic heterocycles. The number of amides is 1. The minimum Gasteiger partial charge on any atom is -0.355 e. The van der Waals surface area contributed by atoms with E-state index in [2.05, 4.69) is 5.32 Å². The minimum atomic E-state index is -0.211. The average Bonchev–Trinajstić information content (AvgIpc) is 2.28. The maximum Gasteiger partial charge on any atom is 0.239 e. The van der Waals surface area contributed by atoms with Gasteiger partial charge in [0.05, 0.1) is 12.2 Å². The van der Waals surface area contributed by atoms with E-state index in [1.54, 1.807) is 6.07 Å². The normalized spacial score (nSPS) is 23.4. The van der Waals surface area contributed by atoms with Crippen molar-refractivity contribution in [3.63, 3.8) is 0 Å². The lowest BCUT2D eigenvalue weighted by atomic mass is 9.94. The predicted molar refractivity (Wildman–Crippen MR) is 58.9 cm³/mol. The van der Waals surface area contributed by atoms with Crippen LogP contribution in [0.5, 0.6) is 0 Å². The Labute approximate surface area is 93.2 Å². The van der Waals surface area contributed by atoms with Crippen molar-refractivity contribution in [2.45, 2.75) is 18.9 Å². The number of nitrogens with zero attached hydrogens (tertiary/aromatic N) is 1. The van der Waals surface area contributed by atoms with Gasteiger partial charge in [0, 0.05) is 12.6 Å². The number of halogens is 1. The molecule has 1 aromatic carbocycles. The van der Waals surface area contributed by atoms with E-state index < -0.39 is 0 Å². The van der Waals surface area contributed by atoms with E-state index in [1.165, 1.54) is 6.07 Å². The SMILES string of the molecule is O=C1CN2c3c(F)cccc3CCC2CN1. The molecule has 0 radical (unpaired) electrons. The van der Waals surface area contributed by atoms with Gasteiger partial charge < -0.3 is 10.2 Å². The molecular weight excluding hydrogens is 207 g/mol. The molecule has 1 N–H and O–H groups in total. The summed E-state index contributed by atoms with van der Waals surface area (Å²) in [5.74, 6) is -0.232. The lowest BCUT2D eigenvalue weighted by molar-refractivity contribution is -0.120. The van der Waals surface area contributed by atoms with Gasteiger partial charge >= 0.3 is 0 Å². The number of piperazine rings is 1. The van der Waals surface area contributed by atoms with E-state index in [0.29, 0.717) is 12.2 Å². The van der Waals surface area contributed by atoms with Crippen molar-refractivity contribution in [2.24, 2.45) is 0 Å². The largest absolute Gasteiger partial charge is 0.355 e. The molecule has 1 aromatic rings. The summed E-state index contributed by atoms with van der Waals surface area (Å²) >= 11 is 0. The number of carbonyl (C=O) groups excluding carboxylic acids is 1. The summed E-state index contributed by atoms with van der Waals surface area (Å²) in [6, 6.07) is 5.40. The van der Waals surface area contributed by atoms with E-state index in [-0.39, 0.29) is 24.3 Å². The third-order valence-corrected chi connectivity index (χ3v) is 3.39. The Bertz CT molecular complexity index is 447. The van der Waals surface area contributed by atoms with Crippen LogP contribution in [0.2, 0.25) is 0 Å². The number of benzene rings is 1. The summed E-state index contributed by atoms with van der Waals surface area (Å²) < 4.78 is 13.8. The lowest BCUT2D eigenvalue weighted by Crippen LogP contribution is -2.56. The first-order chi connectivity index (χ1) is 7.75. The van der Waals surface area contributed by atoms with Gasteiger partial charge in [-0.25, -0.2) is 4.39 Å². The molecule has 16 heavy (non-hydrogen) atoms. The third kappa shape index (κ3) is 1.37. The van der Waals surface area contributed by atoms with Crippen LogP contribution in [0.3, 0.4) is 0 Å². The minimum absolute atomic E-state index is 0.0210. The maximum absolute atomic E-state index is 13.8. The van der Waals surface area contributed by atoms with Crippen molar-refractivity contribution in [3.8, 4) is 0 Å². The predicted octanol–water partition coefficient (Wildman–Crippen LogP) is 1.08. The quantitative estimate of drug-likeness (QED) is 0.709. The number of anilines is 1. The van der Waals surface area contributed by atoms with Crippen molar-refractivity contribution in [1.82, 2.24) is 5.32 Å². The molecule has 2 heterocycles. The molecule has 2 aliphatic rings. The van der Waals surface area contributed by atoms with Crippen molar-refractivity contribution < 1.29 is 9.18 Å². The molecule has 1 saturated heterocycles. The van der Waals surface area contributed by atoms with Crippen LogP contribution in [0.1, 0.15) is 12.0 Å². The summed E-state index contributed by atoms with van der Waals surface area (Å²) in [5.41, 5.74) is 1.65. The standard InChI is InChI=1S/C12H13FN2O/c13-10-3-1-2-8-4-5-9-6-14-11(16)7-15(9)12(8)10/h1-3,9H,4-7H2,(H,14,16). The van der Waals surface area contributed by atoms with Crippen molar-refractivity contribution in [1.29, 1.82) is 0 Å². The van der Waals surface area contributed by atoms with Crippen LogP contribution in [-0.2, 0) is 11.2 Å². The van der Waals surface area contributed by atoms with Gasteiger partial charge in [-0.15, -0.1) is 0 Å². The molecule has 0 spiro atoms. The first-order valence-electron chi connectivity index (χ1n) is 5.56. The molecular formula is C12H13FN2O. The summed E-state index contributed by atoms with van der Waals surface area (Å²) in [4.78, 5) is 13.3. The maximum atomic E-state index is 13.8. The lowest BCUT2D eigenvalue weighted by Gasteiger charge is -2.41. The van der Waals surface area contributed by atoms with Gasteiger partial charge in [0.25, 0.3) is 0 Å². The van der Waals surface area contributed by atoms with Gasteiger partial charge in [0.2, 0.25) is 5.91 Å². The van der Waals surface area contributed by atoms with Gasteiger partial charge in [0.1, 0.15) is 5.82 Å². The van der Waals surface area contributed by atoms with Crippen LogP contribution < -0.4 is 10.2 Å². The van der Waals surface area contributed by atoms with Gasteiger partial charge in [-0.1, -0.05) is 12.1 Å². The highest BCUT2D eigenvalue weighted by Gasteiger charge is 2.32. The molecule has 1 atom stereocenters. The van der Waals surface area contributed by atoms with Crippen molar-refractivity contribution in [3.05, 3.63) is 29.6 Å². The summed E-state index contributed by atoms with van der Waals surface area (Å²) in [6.07, 6.45) is 1.88. The molecule has 0 aromatic heterocycles. The molecule has 4 heteroatoms. The fraction of sp³-hybridized carbons (Fsp3) is 0.417. The first-order valence-corrected chi connectivity index (χ1v) is 5.56. The third-order valence-electron chi connectivity index (χ3n) is 3.39. The molecule has 1 fully saturated rings. The zero-order chi connectivity index (χ0) is 11.1. The number of carbonyl (C=O) groups is 1. The van der Waals surface area contributed by atoms with E-state index >= 15 is 0 Å². The number of aryl methyl sites for hydroxylation is 1. The van der Waals surface area contributed by atoms with Crippen LogP contribution in [-0.4, -0.2) is 25.0 Å². The molecule has 84 valence electrons. The smallest absolute Gasteiger partial charge is 0.239 e. The highest BCUT2D eigenvalue weighted by molar-refractivity contribution is 5.83. The van der Waals surface area contributed by atoms with E-state index in [0.717, 1.165) is 18.4 Å². The Hall–Kier alpha value is -1.58. The number of fused-ring (bicyclic) bond motifs is 3. The van der Waals surface area contributed by atoms with Crippen LogP contribution in [0.25, 0.3) is 0 Å². The Morgan fingerprint density at radius 2 is 2.31 bits per heavy atom. The Balaban J connectivity index is 2.06. The molecule has 0 saturated carbocycles. The van der Waals surface area contributed by atoms with Gasteiger partial charge in [-0.05, 0) is 24.5 Å². The Kier molecular flexibility index (Phi) is 2.09. The molecule has 3 rings (SSSR count). The highest BCUT2D eigenvalue weighted by Crippen LogP contribution is 2.33. The number of hydrogen-bond acceptors (Lipinski definition) is 2. The Morgan fingerprint density at radius 1 is 1.44 bits per heavy atom. The summed E-state index contributed by atoms with van der Waals surface area (Å²) in [6.45, 7) is 0.908. The van der Waals surface area contributed by atoms with Crippen LogP contribution in [0, 0.1) is 5.82 Å². The van der Waals surface area contributed by atoms with Crippen LogP contribution in [0.4, 0.5) is 10.1 Å². The monoisotopic (exact) mass is 220 g/mol. The highest BCUT2D eigenvalue weighted by atomic mass is 19.1. The van der Waals surface area contributed by atoms with Gasteiger partial charge in [-0.3, -0.25) is 4.79 Å². The number of para-hydroxylation sites is 1. The number of hydrogen-bond donors (Lipinski definition) is 1. The van der Waals surface area contributed by atoms with Gasteiger partial charge in [-0.2, -0.15) is 0 Å².